The van der Waals surface area contributed by atoms with Gasteiger partial charge in [0.25, 0.3) is 0 Å². The van der Waals surface area contributed by atoms with Crippen LogP contribution in [0.2, 0.25) is 0 Å². The van der Waals surface area contributed by atoms with Crippen LogP contribution in [0.1, 0.15) is 20.3 Å². The van der Waals surface area contributed by atoms with E-state index in [0.29, 0.717) is 6.42 Å². The standard InChI is InChI=1S/C9H18N2O2/c1-6(8(10)12)5-7(2)9(13)11(3)4/h6-7H,5H2,1-4H3,(H2,10,12)/t6-,7+/m0/s1. The van der Waals surface area contributed by atoms with Crippen molar-refractivity contribution in [2.45, 2.75) is 20.3 Å². The molecule has 0 aliphatic heterocycles. The number of hydrogen-bond acceptors (Lipinski definition) is 2. The lowest BCUT2D eigenvalue weighted by Crippen LogP contribution is -2.31. The van der Waals surface area contributed by atoms with Crippen molar-refractivity contribution in [1.29, 1.82) is 0 Å². The van der Waals surface area contributed by atoms with Crippen molar-refractivity contribution in [1.82, 2.24) is 4.90 Å². The molecule has 0 unspecified atom stereocenters. The van der Waals surface area contributed by atoms with Crippen molar-refractivity contribution in [2.24, 2.45) is 17.6 Å². The fraction of sp³-hybridized carbons (Fsp3) is 0.778. The second kappa shape index (κ2) is 4.84. The maximum atomic E-state index is 11.4. The van der Waals surface area contributed by atoms with Gasteiger partial charge in [-0.2, -0.15) is 0 Å². The first-order valence-corrected chi connectivity index (χ1v) is 4.36. The average Bonchev–Trinajstić information content (AvgIpc) is 2.02. The Kier molecular flexibility index (Phi) is 4.45. The molecule has 13 heavy (non-hydrogen) atoms. The summed E-state index contributed by atoms with van der Waals surface area (Å²) in [5.74, 6) is -0.692. The normalized spacial score (nSPS) is 14.8. The number of amides is 2. The summed E-state index contributed by atoms with van der Waals surface area (Å²) in [6, 6.07) is 0. The zero-order valence-electron chi connectivity index (χ0n) is 8.70. The van der Waals surface area contributed by atoms with Gasteiger partial charge in [-0.1, -0.05) is 13.8 Å². The first-order valence-electron chi connectivity index (χ1n) is 4.36. The van der Waals surface area contributed by atoms with Crippen LogP contribution in [0.15, 0.2) is 0 Å². The molecule has 0 radical (unpaired) electrons. The van der Waals surface area contributed by atoms with Crippen molar-refractivity contribution >= 4 is 11.8 Å². The Morgan fingerprint density at radius 1 is 1.23 bits per heavy atom. The molecule has 4 nitrogen and oxygen atoms in total. The number of nitrogens with two attached hydrogens (primary N) is 1. The molecule has 0 heterocycles. The van der Waals surface area contributed by atoms with E-state index < -0.39 is 0 Å². The van der Waals surface area contributed by atoms with Gasteiger partial charge in [-0.05, 0) is 6.42 Å². The Balaban J connectivity index is 4.07. The van der Waals surface area contributed by atoms with Crippen molar-refractivity contribution in [3.05, 3.63) is 0 Å². The van der Waals surface area contributed by atoms with E-state index in [1.807, 2.05) is 6.92 Å². The largest absolute Gasteiger partial charge is 0.369 e. The van der Waals surface area contributed by atoms with Gasteiger partial charge >= 0.3 is 0 Å². The van der Waals surface area contributed by atoms with Gasteiger partial charge in [0.05, 0.1) is 0 Å². The summed E-state index contributed by atoms with van der Waals surface area (Å²) in [7, 11) is 3.40. The van der Waals surface area contributed by atoms with Gasteiger partial charge in [-0.25, -0.2) is 0 Å². The van der Waals surface area contributed by atoms with Crippen LogP contribution in [-0.4, -0.2) is 30.8 Å². The Labute approximate surface area is 79.1 Å². The highest BCUT2D eigenvalue weighted by molar-refractivity contribution is 5.80. The van der Waals surface area contributed by atoms with E-state index in [0.717, 1.165) is 0 Å². The van der Waals surface area contributed by atoms with Crippen LogP contribution < -0.4 is 5.73 Å². The number of carbonyl (C=O) groups excluding carboxylic acids is 2. The summed E-state index contributed by atoms with van der Waals surface area (Å²) < 4.78 is 0. The van der Waals surface area contributed by atoms with Crippen molar-refractivity contribution in [3.8, 4) is 0 Å². The summed E-state index contributed by atoms with van der Waals surface area (Å²) in [5.41, 5.74) is 5.10. The zero-order valence-corrected chi connectivity index (χ0v) is 8.70. The Hall–Kier alpha value is -1.06. The van der Waals surface area contributed by atoms with Crippen LogP contribution >= 0.6 is 0 Å². The molecule has 0 aliphatic carbocycles. The van der Waals surface area contributed by atoms with Crippen LogP contribution in [-0.2, 0) is 9.59 Å². The van der Waals surface area contributed by atoms with Gasteiger partial charge < -0.3 is 10.6 Å². The topological polar surface area (TPSA) is 63.4 Å². The third-order valence-corrected chi connectivity index (χ3v) is 2.06. The summed E-state index contributed by atoms with van der Waals surface area (Å²) in [5, 5.41) is 0. The van der Waals surface area contributed by atoms with E-state index in [1.54, 1.807) is 21.0 Å². The van der Waals surface area contributed by atoms with E-state index in [-0.39, 0.29) is 23.7 Å². The Morgan fingerprint density at radius 3 is 2.00 bits per heavy atom. The molecule has 2 atom stereocenters. The molecular weight excluding hydrogens is 168 g/mol. The van der Waals surface area contributed by atoms with E-state index in [9.17, 15) is 9.59 Å². The van der Waals surface area contributed by atoms with E-state index in [1.165, 1.54) is 4.90 Å². The molecule has 0 aromatic rings. The number of rotatable bonds is 4. The van der Waals surface area contributed by atoms with Gasteiger partial charge in [-0.15, -0.1) is 0 Å². The summed E-state index contributed by atoms with van der Waals surface area (Å²) in [6.45, 7) is 3.55. The lowest BCUT2D eigenvalue weighted by Gasteiger charge is -2.18. The molecule has 0 fully saturated rings. The predicted molar refractivity (Wildman–Crippen MR) is 50.8 cm³/mol. The Morgan fingerprint density at radius 2 is 1.69 bits per heavy atom. The highest BCUT2D eigenvalue weighted by Crippen LogP contribution is 2.12. The molecular formula is C9H18N2O2. The van der Waals surface area contributed by atoms with Crippen molar-refractivity contribution in [3.63, 3.8) is 0 Å². The molecule has 0 aromatic carbocycles. The molecule has 0 spiro atoms. The molecule has 0 bridgehead atoms. The third kappa shape index (κ3) is 3.92. The number of carbonyl (C=O) groups is 2. The molecule has 0 aliphatic rings. The van der Waals surface area contributed by atoms with Crippen LogP contribution in [0.5, 0.6) is 0 Å². The first-order chi connectivity index (χ1) is 5.86. The minimum atomic E-state index is -0.349. The van der Waals surface area contributed by atoms with Crippen LogP contribution in [0.3, 0.4) is 0 Å². The van der Waals surface area contributed by atoms with E-state index in [4.69, 9.17) is 5.73 Å². The highest BCUT2D eigenvalue weighted by Gasteiger charge is 2.20. The maximum Gasteiger partial charge on any atom is 0.224 e. The minimum absolute atomic E-state index is 0.0353. The van der Waals surface area contributed by atoms with E-state index >= 15 is 0 Å². The maximum absolute atomic E-state index is 11.4. The highest BCUT2D eigenvalue weighted by atomic mass is 16.2. The third-order valence-electron chi connectivity index (χ3n) is 2.06. The van der Waals surface area contributed by atoms with Gasteiger partial charge in [0.2, 0.25) is 11.8 Å². The lowest BCUT2D eigenvalue weighted by molar-refractivity contribution is -0.133. The smallest absolute Gasteiger partial charge is 0.224 e. The van der Waals surface area contributed by atoms with E-state index in [2.05, 4.69) is 0 Å². The quantitative estimate of drug-likeness (QED) is 0.682. The second-order valence-corrected chi connectivity index (χ2v) is 3.67. The molecule has 0 saturated heterocycles. The molecule has 2 amide bonds. The summed E-state index contributed by atoms with van der Waals surface area (Å²) in [6.07, 6.45) is 0.520. The minimum Gasteiger partial charge on any atom is -0.369 e. The summed E-state index contributed by atoms with van der Waals surface area (Å²) >= 11 is 0. The monoisotopic (exact) mass is 186 g/mol. The van der Waals surface area contributed by atoms with Gasteiger partial charge in [0.1, 0.15) is 0 Å². The fourth-order valence-corrected chi connectivity index (χ4v) is 1.19. The Bertz CT molecular complexity index is 202. The molecule has 76 valence electrons. The molecule has 4 heteroatoms. The number of nitrogens with zero attached hydrogens (tertiary/aromatic N) is 1. The van der Waals surface area contributed by atoms with Crippen molar-refractivity contribution < 1.29 is 9.59 Å². The number of primary amides is 1. The average molecular weight is 186 g/mol. The fourth-order valence-electron chi connectivity index (χ4n) is 1.19. The van der Waals surface area contributed by atoms with Crippen LogP contribution in [0.4, 0.5) is 0 Å². The van der Waals surface area contributed by atoms with Gasteiger partial charge in [0, 0.05) is 25.9 Å². The molecule has 0 saturated carbocycles. The zero-order chi connectivity index (χ0) is 10.6. The molecule has 2 N–H and O–H groups in total. The first kappa shape index (κ1) is 11.9. The van der Waals surface area contributed by atoms with Crippen molar-refractivity contribution in [2.75, 3.05) is 14.1 Å². The van der Waals surface area contributed by atoms with Gasteiger partial charge in [0.15, 0.2) is 0 Å². The van der Waals surface area contributed by atoms with Crippen LogP contribution in [0.25, 0.3) is 0 Å². The second-order valence-electron chi connectivity index (χ2n) is 3.67. The van der Waals surface area contributed by atoms with Gasteiger partial charge in [-0.3, -0.25) is 9.59 Å². The molecule has 0 rings (SSSR count). The lowest BCUT2D eigenvalue weighted by atomic mass is 9.96. The predicted octanol–water partition coefficient (Wildman–Crippen LogP) is 0.222. The van der Waals surface area contributed by atoms with Crippen LogP contribution in [0, 0.1) is 11.8 Å². The number of hydrogen-bond donors (Lipinski definition) is 1. The molecule has 0 aromatic heterocycles. The SMILES string of the molecule is C[C@H](C[C@H](C)C(N)=O)C(=O)N(C)C. The summed E-state index contributed by atoms with van der Waals surface area (Å²) in [4.78, 5) is 23.6.